The van der Waals surface area contributed by atoms with E-state index in [-0.39, 0.29) is 5.56 Å². The molecule has 4 aromatic rings. The van der Waals surface area contributed by atoms with E-state index in [0.29, 0.717) is 16.9 Å². The number of anilines is 1. The summed E-state index contributed by atoms with van der Waals surface area (Å²) in [6.45, 7) is 0.718. The number of aromatic amines is 2. The molecule has 0 unspecified atom stereocenters. The van der Waals surface area contributed by atoms with Gasteiger partial charge in [0.1, 0.15) is 0 Å². The van der Waals surface area contributed by atoms with E-state index in [9.17, 15) is 4.79 Å². The number of imidazole rings is 1. The summed E-state index contributed by atoms with van der Waals surface area (Å²) < 4.78 is 0. The Labute approximate surface area is 122 Å². The SMILES string of the molecule is O=c1[nH]cnc2cc3nc(NCc4cccs4)[nH]c3cc12. The molecular formula is C14H11N5OS. The summed E-state index contributed by atoms with van der Waals surface area (Å²) in [6.07, 6.45) is 1.40. The Kier molecular flexibility index (Phi) is 2.71. The Morgan fingerprint density at radius 3 is 3.10 bits per heavy atom. The molecule has 0 aliphatic heterocycles. The van der Waals surface area contributed by atoms with E-state index in [1.807, 2.05) is 17.5 Å². The first kappa shape index (κ1) is 12.1. The van der Waals surface area contributed by atoms with Gasteiger partial charge in [-0.3, -0.25) is 4.79 Å². The molecule has 3 aromatic heterocycles. The minimum atomic E-state index is -0.149. The van der Waals surface area contributed by atoms with Gasteiger partial charge in [0.05, 0.1) is 34.8 Å². The topological polar surface area (TPSA) is 86.5 Å². The number of H-pyrrole nitrogens is 2. The van der Waals surface area contributed by atoms with Crippen LogP contribution >= 0.6 is 11.3 Å². The molecule has 7 heteroatoms. The van der Waals surface area contributed by atoms with Gasteiger partial charge in [-0.2, -0.15) is 0 Å². The molecule has 0 amide bonds. The van der Waals surface area contributed by atoms with Crippen molar-refractivity contribution >= 4 is 39.2 Å². The summed E-state index contributed by atoms with van der Waals surface area (Å²) in [7, 11) is 0. The van der Waals surface area contributed by atoms with Gasteiger partial charge in [0.2, 0.25) is 5.95 Å². The first-order valence-electron chi connectivity index (χ1n) is 6.43. The number of nitrogens with zero attached hydrogens (tertiary/aromatic N) is 2. The van der Waals surface area contributed by atoms with E-state index in [0.717, 1.165) is 17.6 Å². The molecule has 6 nitrogen and oxygen atoms in total. The van der Waals surface area contributed by atoms with E-state index in [4.69, 9.17) is 0 Å². The van der Waals surface area contributed by atoms with E-state index in [1.54, 1.807) is 17.4 Å². The van der Waals surface area contributed by atoms with Gasteiger partial charge in [0, 0.05) is 4.88 Å². The quantitative estimate of drug-likeness (QED) is 0.542. The molecule has 1 aromatic carbocycles. The molecule has 21 heavy (non-hydrogen) atoms. The number of rotatable bonds is 3. The highest BCUT2D eigenvalue weighted by molar-refractivity contribution is 7.09. The first-order chi connectivity index (χ1) is 10.3. The average Bonchev–Trinajstić information content (AvgIpc) is 3.12. The standard InChI is InChI=1S/C14H11N5OS/c20-13-9-4-11-12(5-10(9)16-7-17-13)19-14(18-11)15-6-8-2-1-3-21-8/h1-5,7H,6H2,(H2,15,18,19)(H,16,17,20). The van der Waals surface area contributed by atoms with Crippen LogP contribution in [0.2, 0.25) is 0 Å². The molecule has 0 fully saturated rings. The number of nitrogens with one attached hydrogen (secondary N) is 3. The smallest absolute Gasteiger partial charge is 0.258 e. The summed E-state index contributed by atoms with van der Waals surface area (Å²) in [5, 5.41) is 5.84. The molecule has 0 saturated carbocycles. The van der Waals surface area contributed by atoms with Crippen molar-refractivity contribution in [2.75, 3.05) is 5.32 Å². The normalized spacial score (nSPS) is 11.2. The summed E-state index contributed by atoms with van der Waals surface area (Å²) in [4.78, 5) is 27.4. The van der Waals surface area contributed by atoms with Gasteiger partial charge in [-0.15, -0.1) is 11.3 Å². The predicted molar refractivity (Wildman–Crippen MR) is 83.7 cm³/mol. The molecule has 3 heterocycles. The lowest BCUT2D eigenvalue weighted by atomic mass is 10.2. The number of aromatic nitrogens is 4. The number of benzene rings is 1. The van der Waals surface area contributed by atoms with Crippen LogP contribution in [0.4, 0.5) is 5.95 Å². The van der Waals surface area contributed by atoms with Crippen molar-refractivity contribution in [3.05, 3.63) is 51.2 Å². The zero-order valence-electron chi connectivity index (χ0n) is 10.9. The van der Waals surface area contributed by atoms with Crippen LogP contribution in [0.1, 0.15) is 4.88 Å². The molecule has 3 N–H and O–H groups in total. The van der Waals surface area contributed by atoms with Crippen LogP contribution in [0.25, 0.3) is 21.9 Å². The number of hydrogen-bond donors (Lipinski definition) is 3. The minimum absolute atomic E-state index is 0.149. The minimum Gasteiger partial charge on any atom is -0.351 e. The maximum Gasteiger partial charge on any atom is 0.258 e. The van der Waals surface area contributed by atoms with Gasteiger partial charge in [0.25, 0.3) is 5.56 Å². The second kappa shape index (κ2) is 4.71. The van der Waals surface area contributed by atoms with Gasteiger partial charge < -0.3 is 15.3 Å². The van der Waals surface area contributed by atoms with Crippen molar-refractivity contribution in [3.63, 3.8) is 0 Å². The second-order valence-corrected chi connectivity index (χ2v) is 5.67. The summed E-state index contributed by atoms with van der Waals surface area (Å²) in [5.41, 5.74) is 2.09. The lowest BCUT2D eigenvalue weighted by molar-refractivity contribution is 1.13. The molecular weight excluding hydrogens is 286 g/mol. The fourth-order valence-electron chi connectivity index (χ4n) is 2.24. The van der Waals surface area contributed by atoms with Crippen molar-refractivity contribution in [1.29, 1.82) is 0 Å². The van der Waals surface area contributed by atoms with Gasteiger partial charge in [-0.1, -0.05) is 6.07 Å². The summed E-state index contributed by atoms with van der Waals surface area (Å²) in [5.74, 6) is 0.685. The lowest BCUT2D eigenvalue weighted by Gasteiger charge is -1.98. The fraction of sp³-hybridized carbons (Fsp3) is 0.0714. The summed E-state index contributed by atoms with van der Waals surface area (Å²) in [6, 6.07) is 7.68. The predicted octanol–water partition coefficient (Wildman–Crippen LogP) is 2.47. The van der Waals surface area contributed by atoms with Crippen LogP contribution in [0.3, 0.4) is 0 Å². The van der Waals surface area contributed by atoms with Gasteiger partial charge in [0.15, 0.2) is 0 Å². The molecule has 0 radical (unpaired) electrons. The summed E-state index contributed by atoms with van der Waals surface area (Å²) >= 11 is 1.69. The average molecular weight is 297 g/mol. The van der Waals surface area contributed by atoms with Crippen molar-refractivity contribution in [2.45, 2.75) is 6.54 Å². The first-order valence-corrected chi connectivity index (χ1v) is 7.31. The molecule has 104 valence electrons. The Morgan fingerprint density at radius 2 is 2.24 bits per heavy atom. The molecule has 0 saturated heterocycles. The number of fused-ring (bicyclic) bond motifs is 2. The van der Waals surface area contributed by atoms with Crippen molar-refractivity contribution in [2.24, 2.45) is 0 Å². The largest absolute Gasteiger partial charge is 0.351 e. The van der Waals surface area contributed by atoms with Gasteiger partial charge in [-0.25, -0.2) is 9.97 Å². The second-order valence-electron chi connectivity index (χ2n) is 4.64. The molecule has 0 spiro atoms. The third-order valence-corrected chi connectivity index (χ3v) is 4.13. The highest BCUT2D eigenvalue weighted by atomic mass is 32.1. The molecule has 0 aliphatic rings. The highest BCUT2D eigenvalue weighted by Crippen LogP contribution is 2.19. The number of hydrogen-bond acceptors (Lipinski definition) is 5. The maximum atomic E-state index is 11.8. The highest BCUT2D eigenvalue weighted by Gasteiger charge is 2.07. The molecule has 0 aliphatic carbocycles. The van der Waals surface area contributed by atoms with Crippen molar-refractivity contribution in [1.82, 2.24) is 19.9 Å². The van der Waals surface area contributed by atoms with Gasteiger partial charge in [-0.05, 0) is 23.6 Å². The maximum absolute atomic E-state index is 11.8. The molecule has 0 bridgehead atoms. The van der Waals surface area contributed by atoms with Gasteiger partial charge >= 0.3 is 0 Å². The van der Waals surface area contributed by atoms with Crippen LogP contribution in [-0.2, 0) is 6.54 Å². The van der Waals surface area contributed by atoms with E-state index in [1.165, 1.54) is 11.2 Å². The van der Waals surface area contributed by atoms with Crippen LogP contribution in [-0.4, -0.2) is 19.9 Å². The number of thiophene rings is 1. The Balaban J connectivity index is 1.73. The molecule has 0 atom stereocenters. The lowest BCUT2D eigenvalue weighted by Crippen LogP contribution is -2.05. The van der Waals surface area contributed by atoms with Crippen molar-refractivity contribution in [3.8, 4) is 0 Å². The third-order valence-electron chi connectivity index (χ3n) is 3.25. The van der Waals surface area contributed by atoms with Crippen LogP contribution in [0.15, 0.2) is 40.8 Å². The van der Waals surface area contributed by atoms with E-state index in [2.05, 4.69) is 31.3 Å². The zero-order chi connectivity index (χ0) is 14.2. The Bertz CT molecular complexity index is 970. The van der Waals surface area contributed by atoms with E-state index >= 15 is 0 Å². The zero-order valence-corrected chi connectivity index (χ0v) is 11.7. The van der Waals surface area contributed by atoms with Crippen LogP contribution in [0, 0.1) is 0 Å². The third kappa shape index (κ3) is 2.17. The Hall–Kier alpha value is -2.67. The van der Waals surface area contributed by atoms with Crippen LogP contribution < -0.4 is 10.9 Å². The van der Waals surface area contributed by atoms with E-state index < -0.39 is 0 Å². The monoisotopic (exact) mass is 297 g/mol. The fourth-order valence-corrected chi connectivity index (χ4v) is 2.88. The molecule has 4 rings (SSSR count). The Morgan fingerprint density at radius 1 is 1.29 bits per heavy atom. The van der Waals surface area contributed by atoms with Crippen molar-refractivity contribution < 1.29 is 0 Å². The van der Waals surface area contributed by atoms with Crippen LogP contribution in [0.5, 0.6) is 0 Å².